The number of carbonyl (C=O) groups excluding carboxylic acids is 1. The third kappa shape index (κ3) is 2.54. The Morgan fingerprint density at radius 1 is 1.39 bits per heavy atom. The summed E-state index contributed by atoms with van der Waals surface area (Å²) >= 11 is 0. The maximum atomic E-state index is 11.6. The van der Waals surface area contributed by atoms with Crippen molar-refractivity contribution in [2.24, 2.45) is 5.73 Å². The summed E-state index contributed by atoms with van der Waals surface area (Å²) in [5.41, 5.74) is 8.69. The van der Waals surface area contributed by atoms with Gasteiger partial charge >= 0.3 is 5.97 Å². The van der Waals surface area contributed by atoms with E-state index in [-0.39, 0.29) is 5.97 Å². The summed E-state index contributed by atoms with van der Waals surface area (Å²) in [5.74, 6) is -0.194. The van der Waals surface area contributed by atoms with E-state index < -0.39 is 0 Å². The molecule has 0 spiro atoms. The monoisotopic (exact) mass is 246 g/mol. The molecule has 96 valence electrons. The van der Waals surface area contributed by atoms with E-state index in [1.165, 1.54) is 0 Å². The molecule has 0 radical (unpaired) electrons. The molecular formula is C14H18N2O2. The molecule has 0 atom stereocenters. The van der Waals surface area contributed by atoms with Gasteiger partial charge in [-0.25, -0.2) is 0 Å². The molecular weight excluding hydrogens is 228 g/mol. The first kappa shape index (κ1) is 12.6. The molecule has 4 nitrogen and oxygen atoms in total. The summed E-state index contributed by atoms with van der Waals surface area (Å²) < 4.78 is 5.01. The van der Waals surface area contributed by atoms with E-state index in [0.717, 1.165) is 28.6 Å². The third-order valence-corrected chi connectivity index (χ3v) is 2.92. The van der Waals surface area contributed by atoms with Crippen molar-refractivity contribution in [1.82, 2.24) is 4.98 Å². The zero-order valence-corrected chi connectivity index (χ0v) is 10.5. The number of aromatic amines is 1. The van der Waals surface area contributed by atoms with Crippen molar-refractivity contribution in [3.63, 3.8) is 0 Å². The fourth-order valence-electron chi connectivity index (χ4n) is 2.17. The van der Waals surface area contributed by atoms with Crippen LogP contribution in [0, 0.1) is 0 Å². The quantitative estimate of drug-likeness (QED) is 0.790. The normalized spacial score (nSPS) is 10.8. The molecule has 18 heavy (non-hydrogen) atoms. The van der Waals surface area contributed by atoms with Crippen molar-refractivity contribution in [3.8, 4) is 0 Å². The Kier molecular flexibility index (Phi) is 3.99. The lowest BCUT2D eigenvalue weighted by Crippen LogP contribution is -2.10. The lowest BCUT2D eigenvalue weighted by Gasteiger charge is -2.04. The minimum Gasteiger partial charge on any atom is -0.466 e. The number of nitrogens with one attached hydrogen (secondary N) is 1. The topological polar surface area (TPSA) is 68.1 Å². The van der Waals surface area contributed by atoms with Crippen LogP contribution in [0.15, 0.2) is 24.3 Å². The number of H-pyrrole nitrogens is 1. The van der Waals surface area contributed by atoms with E-state index >= 15 is 0 Å². The van der Waals surface area contributed by atoms with Gasteiger partial charge in [-0.05, 0) is 25.1 Å². The number of hydrogen-bond donors (Lipinski definition) is 2. The van der Waals surface area contributed by atoms with Gasteiger partial charge in [0.15, 0.2) is 0 Å². The molecule has 0 saturated carbocycles. The van der Waals surface area contributed by atoms with Gasteiger partial charge in [0, 0.05) is 23.0 Å². The van der Waals surface area contributed by atoms with Crippen LogP contribution in [0.5, 0.6) is 0 Å². The second kappa shape index (κ2) is 5.69. The van der Waals surface area contributed by atoms with E-state index in [2.05, 4.69) is 4.98 Å². The molecule has 1 heterocycles. The van der Waals surface area contributed by atoms with E-state index in [1.54, 1.807) is 0 Å². The van der Waals surface area contributed by atoms with Crippen molar-refractivity contribution in [1.29, 1.82) is 0 Å². The number of ether oxygens (including phenoxy) is 1. The van der Waals surface area contributed by atoms with Crippen molar-refractivity contribution in [2.45, 2.75) is 19.8 Å². The summed E-state index contributed by atoms with van der Waals surface area (Å²) in [6.45, 7) is 2.78. The number of esters is 1. The minimum atomic E-state index is -0.194. The molecule has 2 aromatic rings. The molecule has 1 aromatic carbocycles. The highest BCUT2D eigenvalue weighted by Crippen LogP contribution is 2.23. The number of fused-ring (bicyclic) bond motifs is 1. The molecule has 4 heteroatoms. The van der Waals surface area contributed by atoms with Gasteiger partial charge in [-0.15, -0.1) is 0 Å². The number of hydrogen-bond acceptors (Lipinski definition) is 3. The molecule has 0 bridgehead atoms. The van der Waals surface area contributed by atoms with Gasteiger partial charge in [0.25, 0.3) is 0 Å². The van der Waals surface area contributed by atoms with Crippen LogP contribution in [-0.4, -0.2) is 24.1 Å². The number of carbonyl (C=O) groups is 1. The van der Waals surface area contributed by atoms with Crippen LogP contribution < -0.4 is 5.73 Å². The molecule has 0 aliphatic carbocycles. The average Bonchev–Trinajstić information content (AvgIpc) is 2.69. The van der Waals surface area contributed by atoms with Gasteiger partial charge in [-0.2, -0.15) is 0 Å². The van der Waals surface area contributed by atoms with Crippen LogP contribution >= 0.6 is 0 Å². The Labute approximate surface area is 106 Å². The SMILES string of the molecule is CCOC(=O)Cc1c(CCN)[nH]c2ccccc12. The number of benzene rings is 1. The average molecular weight is 246 g/mol. The molecule has 1 aromatic heterocycles. The van der Waals surface area contributed by atoms with Gasteiger partial charge in [-0.1, -0.05) is 18.2 Å². The Morgan fingerprint density at radius 3 is 2.89 bits per heavy atom. The maximum Gasteiger partial charge on any atom is 0.310 e. The summed E-state index contributed by atoms with van der Waals surface area (Å²) in [6, 6.07) is 7.96. The Bertz CT molecular complexity index is 546. The van der Waals surface area contributed by atoms with E-state index in [9.17, 15) is 4.79 Å². The number of aromatic nitrogens is 1. The van der Waals surface area contributed by atoms with Gasteiger partial charge in [0.05, 0.1) is 13.0 Å². The van der Waals surface area contributed by atoms with Crippen molar-refractivity contribution in [3.05, 3.63) is 35.5 Å². The molecule has 0 unspecified atom stereocenters. The second-order valence-electron chi connectivity index (χ2n) is 4.15. The van der Waals surface area contributed by atoms with Gasteiger partial charge in [-0.3, -0.25) is 4.79 Å². The minimum absolute atomic E-state index is 0.194. The predicted octanol–water partition coefficient (Wildman–Crippen LogP) is 1.77. The third-order valence-electron chi connectivity index (χ3n) is 2.92. The van der Waals surface area contributed by atoms with Crippen LogP contribution in [0.2, 0.25) is 0 Å². The van der Waals surface area contributed by atoms with Crippen LogP contribution in [0.3, 0.4) is 0 Å². The zero-order chi connectivity index (χ0) is 13.0. The molecule has 0 amide bonds. The molecule has 0 aliphatic rings. The fourth-order valence-corrected chi connectivity index (χ4v) is 2.17. The summed E-state index contributed by atoms with van der Waals surface area (Å²) in [6.07, 6.45) is 1.04. The number of para-hydroxylation sites is 1. The Hall–Kier alpha value is -1.81. The molecule has 3 N–H and O–H groups in total. The standard InChI is InChI=1S/C14H18N2O2/c1-2-18-14(17)9-11-10-5-3-4-6-12(10)16-13(11)7-8-15/h3-6,16H,2,7-9,15H2,1H3. The van der Waals surface area contributed by atoms with Crippen LogP contribution in [0.25, 0.3) is 10.9 Å². The number of rotatable bonds is 5. The highest BCUT2D eigenvalue weighted by Gasteiger charge is 2.14. The lowest BCUT2D eigenvalue weighted by atomic mass is 10.1. The first-order valence-corrected chi connectivity index (χ1v) is 6.20. The van der Waals surface area contributed by atoms with Crippen LogP contribution in [-0.2, 0) is 22.4 Å². The maximum absolute atomic E-state index is 11.6. The fraction of sp³-hybridized carbons (Fsp3) is 0.357. The van der Waals surface area contributed by atoms with E-state index in [1.807, 2.05) is 31.2 Å². The Morgan fingerprint density at radius 2 is 2.17 bits per heavy atom. The zero-order valence-electron chi connectivity index (χ0n) is 10.5. The highest BCUT2D eigenvalue weighted by atomic mass is 16.5. The number of nitrogens with two attached hydrogens (primary N) is 1. The molecule has 2 rings (SSSR count). The van der Waals surface area contributed by atoms with Crippen LogP contribution in [0.1, 0.15) is 18.2 Å². The smallest absolute Gasteiger partial charge is 0.310 e. The first-order valence-electron chi connectivity index (χ1n) is 6.20. The van der Waals surface area contributed by atoms with Gasteiger partial charge < -0.3 is 15.5 Å². The van der Waals surface area contributed by atoms with Crippen molar-refractivity contribution >= 4 is 16.9 Å². The van der Waals surface area contributed by atoms with Crippen molar-refractivity contribution < 1.29 is 9.53 Å². The largest absolute Gasteiger partial charge is 0.466 e. The van der Waals surface area contributed by atoms with Crippen molar-refractivity contribution in [2.75, 3.05) is 13.2 Å². The van der Waals surface area contributed by atoms with Gasteiger partial charge in [0.2, 0.25) is 0 Å². The molecule has 0 aliphatic heterocycles. The summed E-state index contributed by atoms with van der Waals surface area (Å²) in [7, 11) is 0. The highest BCUT2D eigenvalue weighted by molar-refractivity contribution is 5.88. The van der Waals surface area contributed by atoms with E-state index in [0.29, 0.717) is 19.6 Å². The summed E-state index contributed by atoms with van der Waals surface area (Å²) in [4.78, 5) is 15.0. The predicted molar refractivity (Wildman–Crippen MR) is 71.4 cm³/mol. The lowest BCUT2D eigenvalue weighted by molar-refractivity contribution is -0.142. The Balaban J connectivity index is 2.38. The summed E-state index contributed by atoms with van der Waals surface area (Å²) in [5, 5.41) is 1.08. The first-order chi connectivity index (χ1) is 8.76. The van der Waals surface area contributed by atoms with Gasteiger partial charge in [0.1, 0.15) is 0 Å². The second-order valence-corrected chi connectivity index (χ2v) is 4.15. The van der Waals surface area contributed by atoms with E-state index in [4.69, 9.17) is 10.5 Å². The van der Waals surface area contributed by atoms with Crippen LogP contribution in [0.4, 0.5) is 0 Å². The molecule has 0 saturated heterocycles. The molecule has 0 fully saturated rings.